The lowest BCUT2D eigenvalue weighted by molar-refractivity contribution is -0.135. The van der Waals surface area contributed by atoms with E-state index < -0.39 is 0 Å². The molecule has 1 N–H and O–H groups in total. The highest BCUT2D eigenvalue weighted by molar-refractivity contribution is 5.74. The van der Waals surface area contributed by atoms with Gasteiger partial charge in [0, 0.05) is 23.5 Å². The molecule has 8 heteroatoms. The van der Waals surface area contributed by atoms with Crippen molar-refractivity contribution in [3.8, 4) is 5.75 Å². The molecule has 2 aliphatic heterocycles. The maximum atomic E-state index is 13.3. The summed E-state index contributed by atoms with van der Waals surface area (Å²) in [5, 5.41) is 3.20. The van der Waals surface area contributed by atoms with Crippen LogP contribution >= 0.6 is 0 Å². The Balaban J connectivity index is 1.31. The van der Waals surface area contributed by atoms with Gasteiger partial charge < -0.3 is 15.0 Å². The number of carbonyl (C=O) groups is 1. The number of anilines is 3. The largest absolute Gasteiger partial charge is 0.426 e. The van der Waals surface area contributed by atoms with E-state index >= 15 is 0 Å². The van der Waals surface area contributed by atoms with E-state index in [1.807, 2.05) is 26.0 Å². The summed E-state index contributed by atoms with van der Waals surface area (Å²) in [6.45, 7) is 9.26. The summed E-state index contributed by atoms with van der Waals surface area (Å²) in [4.78, 5) is 26.4. The van der Waals surface area contributed by atoms with Gasteiger partial charge in [-0.15, -0.1) is 0 Å². The number of esters is 1. The van der Waals surface area contributed by atoms with Crippen molar-refractivity contribution in [2.45, 2.75) is 52.5 Å². The molecule has 5 rings (SSSR count). The number of benzene rings is 2. The lowest BCUT2D eigenvalue weighted by Crippen LogP contribution is -2.36. The number of ether oxygens (including phenoxy) is 1. The minimum Gasteiger partial charge on any atom is -0.426 e. The average molecular weight is 504 g/mol. The van der Waals surface area contributed by atoms with E-state index in [2.05, 4.69) is 33.1 Å². The minimum absolute atomic E-state index is 0.0912. The zero-order chi connectivity index (χ0) is 25.9. The first-order chi connectivity index (χ1) is 17.9. The summed E-state index contributed by atoms with van der Waals surface area (Å²) >= 11 is 0. The number of aromatic nitrogens is 2. The second-order valence-corrected chi connectivity index (χ2v) is 10.0. The predicted molar refractivity (Wildman–Crippen MR) is 143 cm³/mol. The molecule has 0 bridgehead atoms. The minimum atomic E-state index is -0.284. The van der Waals surface area contributed by atoms with E-state index in [0.29, 0.717) is 18.2 Å². The lowest BCUT2D eigenvalue weighted by Gasteiger charge is -2.37. The van der Waals surface area contributed by atoms with Gasteiger partial charge in [0.15, 0.2) is 0 Å². The van der Waals surface area contributed by atoms with E-state index in [1.165, 1.54) is 29.7 Å². The molecule has 3 aromatic rings. The maximum Gasteiger partial charge on any atom is 0.325 e. The van der Waals surface area contributed by atoms with Crippen LogP contribution < -0.4 is 15.0 Å². The van der Waals surface area contributed by atoms with Gasteiger partial charge >= 0.3 is 5.97 Å². The number of nitrogens with zero attached hydrogens (tertiary/aromatic N) is 4. The highest BCUT2D eigenvalue weighted by Gasteiger charge is 2.28. The van der Waals surface area contributed by atoms with Crippen LogP contribution in [-0.4, -0.2) is 47.0 Å². The van der Waals surface area contributed by atoms with E-state index in [4.69, 9.17) is 9.72 Å². The molecule has 2 aliphatic rings. The summed E-state index contributed by atoms with van der Waals surface area (Å²) in [6, 6.07) is 12.2. The molecule has 1 fully saturated rings. The zero-order valence-corrected chi connectivity index (χ0v) is 21.8. The van der Waals surface area contributed by atoms with E-state index in [1.54, 1.807) is 12.1 Å². The number of halogens is 1. The first-order valence-electron chi connectivity index (χ1n) is 13.1. The van der Waals surface area contributed by atoms with Crippen LogP contribution in [0.3, 0.4) is 0 Å². The number of nitrogens with one attached hydrogen (secondary N) is 1. The number of hydrogen-bond acceptors (Lipinski definition) is 7. The molecule has 1 aromatic heterocycles. The van der Waals surface area contributed by atoms with Crippen molar-refractivity contribution in [1.82, 2.24) is 14.9 Å². The van der Waals surface area contributed by atoms with Crippen LogP contribution in [0.4, 0.5) is 21.8 Å². The molecule has 3 heterocycles. The lowest BCUT2D eigenvalue weighted by atomic mass is 9.93. The van der Waals surface area contributed by atoms with Crippen LogP contribution in [0, 0.1) is 19.7 Å². The summed E-state index contributed by atoms with van der Waals surface area (Å²) in [5.41, 5.74) is 5.05. The van der Waals surface area contributed by atoms with Crippen LogP contribution in [0.5, 0.6) is 5.75 Å². The SMILES string of the molecule is Cc1nc(Nc2ccc(F)cc2)nc(N2CCc3cc(OC(=O)CN4CCCCC4)ccc3C2C)c1C. The second kappa shape index (κ2) is 10.8. The molecule has 7 nitrogen and oxygen atoms in total. The number of aryl methyl sites for hydroxylation is 1. The third-order valence-corrected chi connectivity index (χ3v) is 7.42. The fourth-order valence-electron chi connectivity index (χ4n) is 5.24. The molecule has 0 aliphatic carbocycles. The summed E-state index contributed by atoms with van der Waals surface area (Å²) in [6.07, 6.45) is 4.36. The average Bonchev–Trinajstić information content (AvgIpc) is 2.88. The van der Waals surface area contributed by atoms with E-state index in [-0.39, 0.29) is 17.8 Å². The molecule has 0 radical (unpaired) electrons. The van der Waals surface area contributed by atoms with E-state index in [9.17, 15) is 9.18 Å². The van der Waals surface area contributed by atoms with Gasteiger partial charge in [0.05, 0.1) is 12.6 Å². The standard InChI is InChI=1S/C29H34FN5O2/c1-19-20(2)31-29(32-24-9-7-23(30)8-10-24)33-28(19)35-16-13-22-17-25(11-12-26(22)21(35)3)37-27(36)18-34-14-5-4-6-15-34/h7-12,17,21H,4-6,13-16,18H2,1-3H3,(H,31,32,33). The summed E-state index contributed by atoms with van der Waals surface area (Å²) in [5.74, 6) is 1.50. The molecule has 37 heavy (non-hydrogen) atoms. The fourth-order valence-corrected chi connectivity index (χ4v) is 5.24. The number of carbonyl (C=O) groups excluding carboxylic acids is 1. The van der Waals surface area contributed by atoms with Crippen LogP contribution in [-0.2, 0) is 11.2 Å². The number of rotatable bonds is 6. The van der Waals surface area contributed by atoms with Gasteiger partial charge in [-0.25, -0.2) is 9.37 Å². The van der Waals surface area contributed by atoms with Crippen molar-refractivity contribution in [3.63, 3.8) is 0 Å². The molecular formula is C29H34FN5O2. The van der Waals surface area contributed by atoms with Crippen molar-refractivity contribution < 1.29 is 13.9 Å². The van der Waals surface area contributed by atoms with Crippen molar-refractivity contribution in [2.75, 3.05) is 36.4 Å². The third-order valence-electron chi connectivity index (χ3n) is 7.42. The highest BCUT2D eigenvalue weighted by atomic mass is 19.1. The van der Waals surface area contributed by atoms with Crippen LogP contribution in [0.2, 0.25) is 0 Å². The molecule has 0 saturated carbocycles. The van der Waals surface area contributed by atoms with Crippen molar-refractivity contribution >= 4 is 23.4 Å². The number of fused-ring (bicyclic) bond motifs is 1. The van der Waals surface area contributed by atoms with Crippen LogP contribution in [0.15, 0.2) is 42.5 Å². The molecular weight excluding hydrogens is 469 g/mol. The van der Waals surface area contributed by atoms with Gasteiger partial charge in [-0.2, -0.15) is 4.98 Å². The van der Waals surface area contributed by atoms with Crippen molar-refractivity contribution in [2.24, 2.45) is 0 Å². The van der Waals surface area contributed by atoms with Gasteiger partial charge in [0.2, 0.25) is 5.95 Å². The topological polar surface area (TPSA) is 70.6 Å². The monoisotopic (exact) mass is 503 g/mol. The second-order valence-electron chi connectivity index (χ2n) is 10.0. The molecule has 1 saturated heterocycles. The first-order valence-corrected chi connectivity index (χ1v) is 13.1. The Hall–Kier alpha value is -3.52. The Kier molecular flexibility index (Phi) is 7.37. The Morgan fingerprint density at radius 2 is 1.81 bits per heavy atom. The number of piperidine rings is 1. The third kappa shape index (κ3) is 5.74. The van der Waals surface area contributed by atoms with Crippen LogP contribution in [0.1, 0.15) is 54.6 Å². The Morgan fingerprint density at radius 3 is 2.57 bits per heavy atom. The van der Waals surface area contributed by atoms with Gasteiger partial charge in [0.1, 0.15) is 17.4 Å². The fraction of sp³-hybridized carbons (Fsp3) is 0.414. The molecule has 1 atom stereocenters. The van der Waals surface area contributed by atoms with E-state index in [0.717, 1.165) is 61.7 Å². The Morgan fingerprint density at radius 1 is 1.05 bits per heavy atom. The van der Waals surface area contributed by atoms with Gasteiger partial charge in [-0.05, 0) is 101 Å². The van der Waals surface area contributed by atoms with Crippen LogP contribution in [0.25, 0.3) is 0 Å². The summed E-state index contributed by atoms with van der Waals surface area (Å²) in [7, 11) is 0. The molecule has 2 aromatic carbocycles. The first kappa shape index (κ1) is 25.1. The highest BCUT2D eigenvalue weighted by Crippen LogP contribution is 2.36. The smallest absolute Gasteiger partial charge is 0.325 e. The number of likely N-dealkylation sites (tertiary alicyclic amines) is 1. The quantitative estimate of drug-likeness (QED) is 0.352. The Labute approximate surface area is 217 Å². The molecule has 0 spiro atoms. The molecule has 0 amide bonds. The van der Waals surface area contributed by atoms with Crippen molar-refractivity contribution in [1.29, 1.82) is 0 Å². The van der Waals surface area contributed by atoms with Crippen molar-refractivity contribution in [3.05, 3.63) is 70.7 Å². The zero-order valence-electron chi connectivity index (χ0n) is 21.8. The summed E-state index contributed by atoms with van der Waals surface area (Å²) < 4.78 is 19.0. The molecule has 1 unspecified atom stereocenters. The van der Waals surface area contributed by atoms with Gasteiger partial charge in [-0.3, -0.25) is 9.69 Å². The maximum absolute atomic E-state index is 13.3. The van der Waals surface area contributed by atoms with Gasteiger partial charge in [-0.1, -0.05) is 12.5 Å². The van der Waals surface area contributed by atoms with Gasteiger partial charge in [0.25, 0.3) is 0 Å². The normalized spacial score (nSPS) is 17.8. The number of hydrogen-bond donors (Lipinski definition) is 1. The predicted octanol–water partition coefficient (Wildman–Crippen LogP) is 5.49. The Bertz CT molecular complexity index is 1270. The molecule has 194 valence electrons.